The van der Waals surface area contributed by atoms with Crippen LogP contribution in [-0.2, 0) is 32.3 Å². The van der Waals surface area contributed by atoms with Crippen molar-refractivity contribution < 1.29 is 23.6 Å². The molecule has 2 unspecified atom stereocenters. The number of piperidine rings is 1. The Labute approximate surface area is 178 Å². The molecule has 2 atom stereocenters. The van der Waals surface area contributed by atoms with Gasteiger partial charge in [0.15, 0.2) is 11.8 Å². The summed E-state index contributed by atoms with van der Waals surface area (Å²) in [7, 11) is 0. The van der Waals surface area contributed by atoms with Gasteiger partial charge in [0, 0.05) is 32.6 Å². The highest BCUT2D eigenvalue weighted by atomic mass is 19.1. The molecule has 0 saturated carbocycles. The van der Waals surface area contributed by atoms with Crippen molar-refractivity contribution in [1.29, 1.82) is 0 Å². The van der Waals surface area contributed by atoms with Crippen LogP contribution in [0.2, 0.25) is 0 Å². The first-order valence-corrected chi connectivity index (χ1v) is 10.1. The Hall–Kier alpha value is -3.55. The van der Waals surface area contributed by atoms with Gasteiger partial charge in [-0.1, -0.05) is 42.5 Å². The number of hydrogen-bond donors (Lipinski definition) is 1. The van der Waals surface area contributed by atoms with E-state index in [4.69, 9.17) is 0 Å². The van der Waals surface area contributed by atoms with E-state index in [1.165, 1.54) is 21.9 Å². The summed E-state index contributed by atoms with van der Waals surface area (Å²) in [6, 6.07) is 13.8. The minimum absolute atomic E-state index is 0.171. The van der Waals surface area contributed by atoms with Gasteiger partial charge in [0.2, 0.25) is 11.8 Å². The molecule has 2 aliphatic heterocycles. The van der Waals surface area contributed by atoms with E-state index in [2.05, 4.69) is 5.32 Å². The van der Waals surface area contributed by atoms with Crippen LogP contribution >= 0.6 is 0 Å². The third-order valence-corrected chi connectivity index (χ3v) is 5.67. The first-order chi connectivity index (χ1) is 14.9. The van der Waals surface area contributed by atoms with Crippen LogP contribution in [0.3, 0.4) is 0 Å². The molecular formula is C23H22FN3O4. The predicted octanol–water partition coefficient (Wildman–Crippen LogP) is 1.27. The van der Waals surface area contributed by atoms with Crippen molar-refractivity contribution in [1.82, 2.24) is 15.1 Å². The molecule has 2 aromatic carbocycles. The number of rotatable bonds is 5. The fourth-order valence-electron chi connectivity index (χ4n) is 4.00. The number of halogens is 1. The SMILES string of the molecule is O=C(NCc1ccccc1)C1CC(=O)C2C(=O)N(Cc3ccc(F)cc3)CCN2C1=O. The molecule has 0 bridgehead atoms. The highest BCUT2D eigenvalue weighted by molar-refractivity contribution is 6.16. The zero-order valence-corrected chi connectivity index (χ0v) is 16.8. The number of hydrogen-bond acceptors (Lipinski definition) is 4. The number of amides is 3. The average Bonchev–Trinajstić information content (AvgIpc) is 2.78. The van der Waals surface area contributed by atoms with Crippen LogP contribution in [-0.4, -0.2) is 52.4 Å². The van der Waals surface area contributed by atoms with Crippen molar-refractivity contribution in [2.45, 2.75) is 25.6 Å². The number of carbonyl (C=O) groups excluding carboxylic acids is 4. The Morgan fingerprint density at radius 2 is 1.65 bits per heavy atom. The van der Waals surface area contributed by atoms with Crippen molar-refractivity contribution in [2.75, 3.05) is 13.1 Å². The lowest BCUT2D eigenvalue weighted by molar-refractivity contribution is -0.165. The van der Waals surface area contributed by atoms with Crippen molar-refractivity contribution in [2.24, 2.45) is 5.92 Å². The maximum absolute atomic E-state index is 13.1. The number of fused-ring (bicyclic) bond motifs is 1. The third kappa shape index (κ3) is 4.33. The van der Waals surface area contributed by atoms with Gasteiger partial charge in [-0.3, -0.25) is 19.2 Å². The molecule has 0 radical (unpaired) electrons. The molecule has 2 aromatic rings. The van der Waals surface area contributed by atoms with E-state index in [-0.39, 0.29) is 38.4 Å². The van der Waals surface area contributed by atoms with Crippen molar-refractivity contribution in [3.8, 4) is 0 Å². The van der Waals surface area contributed by atoms with Crippen LogP contribution in [0, 0.1) is 11.7 Å². The van der Waals surface area contributed by atoms with E-state index in [0.29, 0.717) is 0 Å². The van der Waals surface area contributed by atoms with Gasteiger partial charge < -0.3 is 15.1 Å². The second kappa shape index (κ2) is 8.67. The monoisotopic (exact) mass is 423 g/mol. The molecule has 2 heterocycles. The van der Waals surface area contributed by atoms with Crippen molar-refractivity contribution in [3.05, 3.63) is 71.5 Å². The fraction of sp³-hybridized carbons (Fsp3) is 0.304. The molecule has 3 amide bonds. The van der Waals surface area contributed by atoms with E-state index >= 15 is 0 Å². The summed E-state index contributed by atoms with van der Waals surface area (Å²) in [4.78, 5) is 53.9. The largest absolute Gasteiger partial charge is 0.351 e. The number of Topliss-reactive ketones (excluding diaryl/α,β-unsaturated/α-hetero) is 1. The van der Waals surface area contributed by atoms with Gasteiger partial charge in [-0.05, 0) is 23.3 Å². The average molecular weight is 423 g/mol. The van der Waals surface area contributed by atoms with Gasteiger partial charge in [-0.15, -0.1) is 0 Å². The van der Waals surface area contributed by atoms with Crippen LogP contribution in [0.5, 0.6) is 0 Å². The minimum Gasteiger partial charge on any atom is -0.351 e. The summed E-state index contributed by atoms with van der Waals surface area (Å²) < 4.78 is 13.1. The van der Waals surface area contributed by atoms with Crippen molar-refractivity contribution in [3.63, 3.8) is 0 Å². The molecule has 31 heavy (non-hydrogen) atoms. The molecule has 1 N–H and O–H groups in total. The number of benzene rings is 2. The van der Waals surface area contributed by atoms with Crippen LogP contribution < -0.4 is 5.32 Å². The maximum Gasteiger partial charge on any atom is 0.253 e. The molecule has 7 nitrogen and oxygen atoms in total. The fourth-order valence-corrected chi connectivity index (χ4v) is 4.00. The first kappa shape index (κ1) is 20.7. The van der Waals surface area contributed by atoms with E-state index in [0.717, 1.165) is 11.1 Å². The molecule has 2 saturated heterocycles. The first-order valence-electron chi connectivity index (χ1n) is 10.1. The molecule has 2 aliphatic rings. The summed E-state index contributed by atoms with van der Waals surface area (Å²) in [5.41, 5.74) is 1.61. The van der Waals surface area contributed by atoms with E-state index in [9.17, 15) is 23.6 Å². The number of nitrogens with zero attached hydrogens (tertiary/aromatic N) is 2. The van der Waals surface area contributed by atoms with E-state index < -0.39 is 35.5 Å². The summed E-state index contributed by atoms with van der Waals surface area (Å²) in [6.45, 7) is 0.895. The topological polar surface area (TPSA) is 86.8 Å². The standard InChI is InChI=1S/C23H22FN3O4/c24-17-8-6-16(7-9-17)14-26-10-11-27-20(23(26)31)19(28)12-18(22(27)30)21(29)25-13-15-4-2-1-3-5-15/h1-9,18,20H,10-14H2,(H,25,29). The van der Waals surface area contributed by atoms with Gasteiger partial charge in [0.1, 0.15) is 11.7 Å². The third-order valence-electron chi connectivity index (χ3n) is 5.67. The van der Waals surface area contributed by atoms with Crippen LogP contribution in [0.25, 0.3) is 0 Å². The maximum atomic E-state index is 13.1. The van der Waals surface area contributed by atoms with Gasteiger partial charge >= 0.3 is 0 Å². The molecule has 4 rings (SSSR count). The Morgan fingerprint density at radius 3 is 2.35 bits per heavy atom. The van der Waals surface area contributed by atoms with E-state index in [1.807, 2.05) is 30.3 Å². The summed E-state index contributed by atoms with van der Waals surface area (Å²) in [5.74, 6) is -3.40. The minimum atomic E-state index is -1.19. The lowest BCUT2D eigenvalue weighted by Gasteiger charge is -2.43. The molecular weight excluding hydrogens is 401 g/mol. The van der Waals surface area contributed by atoms with Gasteiger partial charge in [0.25, 0.3) is 5.91 Å². The van der Waals surface area contributed by atoms with Gasteiger partial charge in [0.05, 0.1) is 0 Å². The second-order valence-corrected chi connectivity index (χ2v) is 7.75. The number of piperazine rings is 1. The highest BCUT2D eigenvalue weighted by Gasteiger charge is 2.50. The lowest BCUT2D eigenvalue weighted by atomic mass is 9.88. The summed E-state index contributed by atoms with van der Waals surface area (Å²) >= 11 is 0. The number of carbonyl (C=O) groups is 4. The molecule has 160 valence electrons. The Balaban J connectivity index is 1.41. The zero-order valence-electron chi connectivity index (χ0n) is 16.8. The summed E-state index contributed by atoms with van der Waals surface area (Å²) in [6.07, 6.45) is -0.295. The predicted molar refractivity (Wildman–Crippen MR) is 109 cm³/mol. The number of ketones is 1. The zero-order chi connectivity index (χ0) is 22.0. The molecule has 0 aromatic heterocycles. The summed E-state index contributed by atoms with van der Waals surface area (Å²) in [5, 5.41) is 2.71. The Morgan fingerprint density at radius 1 is 0.935 bits per heavy atom. The molecule has 0 aliphatic carbocycles. The van der Waals surface area contributed by atoms with Crippen LogP contribution in [0.15, 0.2) is 54.6 Å². The quantitative estimate of drug-likeness (QED) is 0.734. The number of nitrogens with one attached hydrogen (secondary N) is 1. The second-order valence-electron chi connectivity index (χ2n) is 7.75. The molecule has 8 heteroatoms. The highest BCUT2D eigenvalue weighted by Crippen LogP contribution is 2.26. The molecule has 0 spiro atoms. The van der Waals surface area contributed by atoms with E-state index in [1.54, 1.807) is 12.1 Å². The lowest BCUT2D eigenvalue weighted by Crippen LogP contribution is -2.66. The molecule has 2 fully saturated rings. The smallest absolute Gasteiger partial charge is 0.253 e. The normalized spacial score (nSPS) is 21.1. The van der Waals surface area contributed by atoms with Crippen molar-refractivity contribution >= 4 is 23.5 Å². The van der Waals surface area contributed by atoms with Gasteiger partial charge in [-0.2, -0.15) is 0 Å². The van der Waals surface area contributed by atoms with Gasteiger partial charge in [-0.25, -0.2) is 4.39 Å². The Kier molecular flexibility index (Phi) is 5.79. The van der Waals surface area contributed by atoms with Crippen LogP contribution in [0.1, 0.15) is 17.5 Å². The van der Waals surface area contributed by atoms with Crippen LogP contribution in [0.4, 0.5) is 4.39 Å². The Bertz CT molecular complexity index is 1010.